The number of esters is 1. The van der Waals surface area contributed by atoms with E-state index < -0.39 is 0 Å². The highest BCUT2D eigenvalue weighted by molar-refractivity contribution is 9.10. The maximum absolute atomic E-state index is 13.2. The van der Waals surface area contributed by atoms with Crippen LogP contribution in [0.2, 0.25) is 0 Å². The molecule has 2 unspecified atom stereocenters. The van der Waals surface area contributed by atoms with Gasteiger partial charge >= 0.3 is 5.97 Å². The van der Waals surface area contributed by atoms with Gasteiger partial charge in [0, 0.05) is 6.04 Å². The van der Waals surface area contributed by atoms with E-state index in [1.54, 1.807) is 12.1 Å². The second-order valence-electron chi connectivity index (χ2n) is 5.27. The number of carbonyl (C=O) groups is 1. The van der Waals surface area contributed by atoms with Crippen LogP contribution in [0.15, 0.2) is 22.7 Å². The zero-order chi connectivity index (χ0) is 15.3. The summed E-state index contributed by atoms with van der Waals surface area (Å²) in [7, 11) is 1.39. The van der Waals surface area contributed by atoms with E-state index in [0.717, 1.165) is 5.56 Å². The van der Waals surface area contributed by atoms with E-state index in [9.17, 15) is 9.18 Å². The van der Waals surface area contributed by atoms with E-state index in [-0.39, 0.29) is 23.9 Å². The zero-order valence-corrected chi connectivity index (χ0v) is 13.8. The van der Waals surface area contributed by atoms with Gasteiger partial charge in [-0.25, -0.2) is 4.39 Å². The summed E-state index contributed by atoms with van der Waals surface area (Å²) in [5.74, 6) is -0.196. The van der Waals surface area contributed by atoms with Crippen molar-refractivity contribution in [2.75, 3.05) is 7.11 Å². The van der Waals surface area contributed by atoms with Gasteiger partial charge in [-0.3, -0.25) is 10.1 Å². The summed E-state index contributed by atoms with van der Waals surface area (Å²) in [5, 5.41) is 3.24. The molecule has 0 aliphatic carbocycles. The summed E-state index contributed by atoms with van der Waals surface area (Å²) >= 11 is 3.17. The van der Waals surface area contributed by atoms with Gasteiger partial charge in [-0.05, 0) is 52.9 Å². The van der Waals surface area contributed by atoms with Crippen molar-refractivity contribution in [3.63, 3.8) is 0 Å². The molecule has 0 aliphatic heterocycles. The smallest absolute Gasteiger partial charge is 0.322 e. The molecule has 1 N–H and O–H groups in total. The predicted molar refractivity (Wildman–Crippen MR) is 80.9 cm³/mol. The highest BCUT2D eigenvalue weighted by Gasteiger charge is 2.22. The highest BCUT2D eigenvalue weighted by Crippen LogP contribution is 2.22. The molecule has 0 aliphatic rings. The topological polar surface area (TPSA) is 38.3 Å². The Bertz CT molecular complexity index is 465. The van der Waals surface area contributed by atoms with Crippen LogP contribution < -0.4 is 5.32 Å². The van der Waals surface area contributed by atoms with Crippen molar-refractivity contribution in [2.45, 2.75) is 39.3 Å². The van der Waals surface area contributed by atoms with E-state index in [2.05, 4.69) is 35.1 Å². The number of hydrogen-bond donors (Lipinski definition) is 1. The van der Waals surface area contributed by atoms with E-state index in [0.29, 0.717) is 16.8 Å². The summed E-state index contributed by atoms with van der Waals surface area (Å²) < 4.78 is 18.5. The van der Waals surface area contributed by atoms with Gasteiger partial charge in [-0.1, -0.05) is 19.9 Å². The number of halogens is 2. The van der Waals surface area contributed by atoms with Crippen LogP contribution in [0, 0.1) is 11.7 Å². The monoisotopic (exact) mass is 345 g/mol. The summed E-state index contributed by atoms with van der Waals surface area (Å²) in [4.78, 5) is 11.8. The van der Waals surface area contributed by atoms with Crippen LogP contribution in [0.4, 0.5) is 4.39 Å². The molecule has 5 heteroatoms. The fourth-order valence-corrected chi connectivity index (χ4v) is 2.42. The second-order valence-corrected chi connectivity index (χ2v) is 6.12. The first-order valence-electron chi connectivity index (χ1n) is 6.64. The van der Waals surface area contributed by atoms with Gasteiger partial charge in [0.25, 0.3) is 0 Å². The average molecular weight is 346 g/mol. The Labute approximate surface area is 128 Å². The number of nitrogens with one attached hydrogen (secondary N) is 1. The van der Waals surface area contributed by atoms with Crippen LogP contribution in [0.1, 0.15) is 38.8 Å². The van der Waals surface area contributed by atoms with E-state index >= 15 is 0 Å². The lowest BCUT2D eigenvalue weighted by Gasteiger charge is -2.23. The molecule has 0 aromatic heterocycles. The molecule has 0 saturated heterocycles. The van der Waals surface area contributed by atoms with Crippen molar-refractivity contribution >= 4 is 21.9 Å². The lowest BCUT2D eigenvalue weighted by Crippen LogP contribution is -2.40. The quantitative estimate of drug-likeness (QED) is 0.796. The van der Waals surface area contributed by atoms with Crippen molar-refractivity contribution in [1.82, 2.24) is 5.32 Å². The van der Waals surface area contributed by atoms with E-state index in [4.69, 9.17) is 4.74 Å². The number of hydrogen-bond acceptors (Lipinski definition) is 3. The van der Waals surface area contributed by atoms with Gasteiger partial charge in [-0.2, -0.15) is 0 Å². The Morgan fingerprint density at radius 3 is 2.55 bits per heavy atom. The fraction of sp³-hybridized carbons (Fsp3) is 0.533. The number of rotatable bonds is 6. The summed E-state index contributed by atoms with van der Waals surface area (Å²) in [6.45, 7) is 6.05. The molecule has 20 heavy (non-hydrogen) atoms. The first-order chi connectivity index (χ1) is 9.35. The third-order valence-corrected chi connectivity index (χ3v) is 3.70. The third kappa shape index (κ3) is 4.87. The van der Waals surface area contributed by atoms with E-state index in [1.165, 1.54) is 13.2 Å². The Morgan fingerprint density at radius 2 is 2.05 bits per heavy atom. The number of ether oxygens (including phenoxy) is 1. The van der Waals surface area contributed by atoms with Gasteiger partial charge in [0.15, 0.2) is 0 Å². The molecule has 1 aromatic rings. The van der Waals surface area contributed by atoms with Crippen molar-refractivity contribution in [2.24, 2.45) is 5.92 Å². The molecule has 0 radical (unpaired) electrons. The summed E-state index contributed by atoms with van der Waals surface area (Å²) in [6.07, 6.45) is 0.694. The van der Waals surface area contributed by atoms with E-state index in [1.807, 2.05) is 6.92 Å². The lowest BCUT2D eigenvalue weighted by atomic mass is 10.0. The maximum atomic E-state index is 13.2. The van der Waals surface area contributed by atoms with Gasteiger partial charge in [0.05, 0.1) is 11.6 Å². The Morgan fingerprint density at radius 1 is 1.40 bits per heavy atom. The van der Waals surface area contributed by atoms with Gasteiger partial charge in [-0.15, -0.1) is 0 Å². The number of methoxy groups -OCH3 is 1. The molecular weight excluding hydrogens is 325 g/mol. The Kier molecular flexibility index (Phi) is 6.62. The van der Waals surface area contributed by atoms with Crippen LogP contribution in [-0.2, 0) is 9.53 Å². The van der Waals surface area contributed by atoms with Crippen LogP contribution in [-0.4, -0.2) is 19.1 Å². The largest absolute Gasteiger partial charge is 0.468 e. The van der Waals surface area contributed by atoms with Crippen LogP contribution >= 0.6 is 15.9 Å². The predicted octanol–water partition coefficient (Wildman–Crippen LogP) is 3.83. The SMILES string of the molecule is COC(=O)C(CC(C)C)NC(C)c1ccc(F)c(Br)c1. The molecule has 0 heterocycles. The Balaban J connectivity index is 2.81. The molecule has 0 saturated carbocycles. The number of carbonyl (C=O) groups excluding carboxylic acids is 1. The van der Waals surface area contributed by atoms with Crippen molar-refractivity contribution in [3.8, 4) is 0 Å². The van der Waals surface area contributed by atoms with Crippen molar-refractivity contribution in [3.05, 3.63) is 34.1 Å². The molecular formula is C15H21BrFNO2. The molecule has 0 bridgehead atoms. The van der Waals surface area contributed by atoms with Gasteiger partial charge in [0.1, 0.15) is 11.9 Å². The lowest BCUT2D eigenvalue weighted by molar-refractivity contribution is -0.143. The maximum Gasteiger partial charge on any atom is 0.322 e. The standard InChI is InChI=1S/C15H21BrFNO2/c1-9(2)7-14(15(19)20-4)18-10(3)11-5-6-13(17)12(16)8-11/h5-6,8-10,14,18H,7H2,1-4H3. The summed E-state index contributed by atoms with van der Waals surface area (Å²) in [5.41, 5.74) is 0.913. The molecule has 0 fully saturated rings. The highest BCUT2D eigenvalue weighted by atomic mass is 79.9. The normalized spacial score (nSPS) is 14.2. The van der Waals surface area contributed by atoms with Gasteiger partial charge in [0.2, 0.25) is 0 Å². The number of benzene rings is 1. The van der Waals surface area contributed by atoms with Crippen molar-refractivity contribution in [1.29, 1.82) is 0 Å². The first kappa shape index (κ1) is 17.1. The molecule has 1 aromatic carbocycles. The molecule has 0 amide bonds. The summed E-state index contributed by atoms with van der Waals surface area (Å²) in [6, 6.07) is 4.40. The first-order valence-corrected chi connectivity index (χ1v) is 7.43. The third-order valence-electron chi connectivity index (χ3n) is 3.09. The second kappa shape index (κ2) is 7.74. The molecule has 0 spiro atoms. The van der Waals surface area contributed by atoms with Crippen LogP contribution in [0.25, 0.3) is 0 Å². The zero-order valence-electron chi connectivity index (χ0n) is 12.2. The van der Waals surface area contributed by atoms with Crippen LogP contribution in [0.5, 0.6) is 0 Å². The molecule has 1 rings (SSSR count). The minimum Gasteiger partial charge on any atom is -0.468 e. The average Bonchev–Trinajstić information content (AvgIpc) is 2.39. The van der Waals surface area contributed by atoms with Gasteiger partial charge < -0.3 is 4.74 Å². The molecule has 112 valence electrons. The Hall–Kier alpha value is -0.940. The fourth-order valence-electron chi connectivity index (χ4n) is 2.03. The minimum absolute atomic E-state index is 0.0743. The minimum atomic E-state index is -0.362. The van der Waals surface area contributed by atoms with Crippen molar-refractivity contribution < 1.29 is 13.9 Å². The molecule has 3 nitrogen and oxygen atoms in total. The molecule has 2 atom stereocenters. The van der Waals surface area contributed by atoms with Crippen LogP contribution in [0.3, 0.4) is 0 Å².